The third-order valence-electron chi connectivity index (χ3n) is 5.79. The molecule has 0 aliphatic carbocycles. The minimum absolute atomic E-state index is 0.155. The fourth-order valence-electron chi connectivity index (χ4n) is 3.86. The fourth-order valence-corrected chi connectivity index (χ4v) is 3.86. The van der Waals surface area contributed by atoms with E-state index in [1.807, 2.05) is 43.3 Å². The van der Waals surface area contributed by atoms with Crippen molar-refractivity contribution in [3.63, 3.8) is 0 Å². The molecule has 9 heteroatoms. The number of hydrogen-bond donors (Lipinski definition) is 0. The van der Waals surface area contributed by atoms with E-state index in [0.717, 1.165) is 50.7 Å². The summed E-state index contributed by atoms with van der Waals surface area (Å²) in [4.78, 5) is 14.9. The zero-order valence-electron chi connectivity index (χ0n) is 18.9. The van der Waals surface area contributed by atoms with Crippen LogP contribution in [0.15, 0.2) is 58.6 Å². The second-order valence-electron chi connectivity index (χ2n) is 7.79. The molecule has 4 heterocycles. The highest BCUT2D eigenvalue weighted by molar-refractivity contribution is 5.98. The summed E-state index contributed by atoms with van der Waals surface area (Å²) in [6.45, 7) is 6.80. The molecule has 33 heavy (non-hydrogen) atoms. The smallest absolute Gasteiger partial charge is 0.192 e. The number of methoxy groups -OCH3 is 1. The number of rotatable bonds is 7. The Kier molecular flexibility index (Phi) is 5.29. The number of aromatic nitrogens is 5. The predicted octanol–water partition coefficient (Wildman–Crippen LogP) is 4.29. The molecule has 4 aromatic heterocycles. The zero-order valence-corrected chi connectivity index (χ0v) is 18.9. The van der Waals surface area contributed by atoms with Crippen LogP contribution < -0.4 is 4.74 Å². The maximum absolute atomic E-state index is 5.54. The van der Waals surface area contributed by atoms with Crippen molar-refractivity contribution in [1.82, 2.24) is 24.1 Å². The molecule has 5 rings (SSSR count). The van der Waals surface area contributed by atoms with Gasteiger partial charge in [-0.1, -0.05) is 5.16 Å². The van der Waals surface area contributed by atoms with Gasteiger partial charge in [0.25, 0.3) is 0 Å². The van der Waals surface area contributed by atoms with Crippen molar-refractivity contribution < 1.29 is 14.0 Å². The van der Waals surface area contributed by atoms with Crippen molar-refractivity contribution in [3.05, 3.63) is 77.4 Å². The van der Waals surface area contributed by atoms with Crippen molar-refractivity contribution >= 4 is 22.4 Å². The van der Waals surface area contributed by atoms with Crippen LogP contribution in [0, 0.1) is 13.8 Å². The first-order valence-corrected chi connectivity index (χ1v) is 10.6. The summed E-state index contributed by atoms with van der Waals surface area (Å²) in [5, 5.41) is 9.70. The van der Waals surface area contributed by atoms with Gasteiger partial charge < -0.3 is 18.6 Å². The van der Waals surface area contributed by atoms with Crippen molar-refractivity contribution in [1.29, 1.82) is 0 Å². The lowest BCUT2D eigenvalue weighted by molar-refractivity contribution is 0.125. The van der Waals surface area contributed by atoms with Crippen molar-refractivity contribution in [3.8, 4) is 5.75 Å². The molecule has 1 aromatic carbocycles. The average Bonchev–Trinajstić information content (AvgIpc) is 3.55. The van der Waals surface area contributed by atoms with Gasteiger partial charge in [-0.15, -0.1) is 5.10 Å². The van der Waals surface area contributed by atoms with E-state index in [2.05, 4.69) is 33.7 Å². The molecular formula is C24H24N6O3. The Hall–Kier alpha value is -4.14. The van der Waals surface area contributed by atoms with Gasteiger partial charge in [0.05, 0.1) is 31.0 Å². The number of oxime groups is 1. The molecule has 0 N–H and O–H groups in total. The van der Waals surface area contributed by atoms with Gasteiger partial charge in [0, 0.05) is 5.69 Å². The Labute approximate surface area is 190 Å². The summed E-state index contributed by atoms with van der Waals surface area (Å²) in [7, 11) is 1.64. The summed E-state index contributed by atoms with van der Waals surface area (Å²) in [6, 6.07) is 11.5. The van der Waals surface area contributed by atoms with E-state index in [9.17, 15) is 0 Å². The Morgan fingerprint density at radius 2 is 1.94 bits per heavy atom. The lowest BCUT2D eigenvalue weighted by atomic mass is 10.1. The average molecular weight is 444 g/mol. The number of hydrogen-bond acceptors (Lipinski definition) is 7. The summed E-state index contributed by atoms with van der Waals surface area (Å²) >= 11 is 0. The fraction of sp³-hybridized carbons (Fsp3) is 0.250. The molecular weight excluding hydrogens is 420 g/mol. The van der Waals surface area contributed by atoms with Crippen LogP contribution >= 0.6 is 0 Å². The Bertz CT molecular complexity index is 1450. The van der Waals surface area contributed by atoms with Gasteiger partial charge in [0.2, 0.25) is 0 Å². The van der Waals surface area contributed by atoms with E-state index in [-0.39, 0.29) is 6.61 Å². The molecule has 9 nitrogen and oxygen atoms in total. The number of benzene rings is 1. The molecule has 0 amide bonds. The van der Waals surface area contributed by atoms with E-state index < -0.39 is 0 Å². The quantitative estimate of drug-likeness (QED) is 0.275. The molecule has 0 saturated heterocycles. The molecule has 0 unspecified atom stereocenters. The van der Waals surface area contributed by atoms with Crippen LogP contribution in [0.2, 0.25) is 0 Å². The van der Waals surface area contributed by atoms with Gasteiger partial charge in [-0.25, -0.2) is 14.5 Å². The molecule has 0 aliphatic heterocycles. The minimum Gasteiger partial charge on any atom is -0.497 e. The van der Waals surface area contributed by atoms with Crippen LogP contribution in [0.3, 0.4) is 0 Å². The lowest BCUT2D eigenvalue weighted by Gasteiger charge is -2.05. The maximum Gasteiger partial charge on any atom is 0.192 e. The number of aryl methyl sites for hydroxylation is 1. The molecule has 0 fully saturated rings. The maximum atomic E-state index is 5.54. The Morgan fingerprint density at radius 1 is 1.12 bits per heavy atom. The molecule has 5 aromatic rings. The highest BCUT2D eigenvalue weighted by atomic mass is 16.6. The summed E-state index contributed by atoms with van der Waals surface area (Å²) in [6.07, 6.45) is 3.36. The molecule has 0 radical (unpaired) electrons. The minimum atomic E-state index is 0.155. The lowest BCUT2D eigenvalue weighted by Crippen LogP contribution is -2.02. The van der Waals surface area contributed by atoms with Gasteiger partial charge in [-0.2, -0.15) is 0 Å². The van der Waals surface area contributed by atoms with Gasteiger partial charge in [0.15, 0.2) is 18.1 Å². The first-order chi connectivity index (χ1) is 16.0. The number of nitrogens with zero attached hydrogens (tertiary/aromatic N) is 6. The molecule has 0 bridgehead atoms. The van der Waals surface area contributed by atoms with E-state index in [4.69, 9.17) is 19.0 Å². The Morgan fingerprint density at radius 3 is 2.67 bits per heavy atom. The number of fused-ring (bicyclic) bond motifs is 3. The third kappa shape index (κ3) is 3.82. The normalized spacial score (nSPS) is 12.1. The molecule has 168 valence electrons. The largest absolute Gasteiger partial charge is 0.497 e. The van der Waals surface area contributed by atoms with E-state index >= 15 is 0 Å². The highest BCUT2D eigenvalue weighted by Gasteiger charge is 2.18. The first kappa shape index (κ1) is 20.7. The SMILES string of the molecule is COc1ccc(/C(C)=N\OCc2nc3c4c(C)c(C)n(Cc5ccco5)c4ncn3n2)cc1. The van der Waals surface area contributed by atoms with Crippen LogP contribution in [-0.4, -0.2) is 37.0 Å². The topological polar surface area (TPSA) is 92.0 Å². The van der Waals surface area contributed by atoms with Crippen molar-refractivity contribution in [2.45, 2.75) is 33.9 Å². The van der Waals surface area contributed by atoms with Gasteiger partial charge >= 0.3 is 0 Å². The number of ether oxygens (including phenoxy) is 1. The Balaban J connectivity index is 1.40. The van der Waals surface area contributed by atoms with E-state index in [0.29, 0.717) is 12.4 Å². The second kappa shape index (κ2) is 8.42. The van der Waals surface area contributed by atoms with Crippen molar-refractivity contribution in [2.24, 2.45) is 5.16 Å². The molecule has 0 atom stereocenters. The van der Waals surface area contributed by atoms with Crippen LogP contribution in [0.25, 0.3) is 16.7 Å². The van der Waals surface area contributed by atoms with Gasteiger partial charge in [-0.05, 0) is 68.3 Å². The van der Waals surface area contributed by atoms with Gasteiger partial charge in [0.1, 0.15) is 23.5 Å². The van der Waals surface area contributed by atoms with Crippen LogP contribution in [0.5, 0.6) is 5.75 Å². The highest BCUT2D eigenvalue weighted by Crippen LogP contribution is 2.27. The van der Waals surface area contributed by atoms with Crippen LogP contribution in [0.1, 0.15) is 35.3 Å². The molecule has 0 spiro atoms. The summed E-state index contributed by atoms with van der Waals surface area (Å²) in [5.41, 5.74) is 5.53. The van der Waals surface area contributed by atoms with Crippen LogP contribution in [0.4, 0.5) is 0 Å². The zero-order chi connectivity index (χ0) is 22.9. The summed E-state index contributed by atoms with van der Waals surface area (Å²) in [5.74, 6) is 2.20. The third-order valence-corrected chi connectivity index (χ3v) is 5.79. The monoisotopic (exact) mass is 444 g/mol. The van der Waals surface area contributed by atoms with Crippen LogP contribution in [-0.2, 0) is 18.0 Å². The summed E-state index contributed by atoms with van der Waals surface area (Å²) < 4.78 is 14.5. The van der Waals surface area contributed by atoms with E-state index in [1.165, 1.54) is 0 Å². The molecule has 0 aliphatic rings. The van der Waals surface area contributed by atoms with Crippen molar-refractivity contribution in [2.75, 3.05) is 7.11 Å². The second-order valence-corrected chi connectivity index (χ2v) is 7.79. The first-order valence-electron chi connectivity index (χ1n) is 10.6. The predicted molar refractivity (Wildman–Crippen MR) is 124 cm³/mol. The standard InChI is InChI=1S/C24H24N6O3/c1-15-17(3)29(12-20-6-5-11-32-20)23-22(15)24-26-21(27-30(24)14-25-23)13-33-28-16(2)18-7-9-19(31-4)10-8-18/h5-11,14H,12-13H2,1-4H3/b28-16-. The van der Waals surface area contributed by atoms with E-state index in [1.54, 1.807) is 24.2 Å². The number of furan rings is 1. The van der Waals surface area contributed by atoms with Gasteiger partial charge in [-0.3, -0.25) is 0 Å². The molecule has 0 saturated carbocycles.